The minimum atomic E-state index is -0.212. The molecule has 3 aromatic rings. The van der Waals surface area contributed by atoms with Crippen LogP contribution in [0.4, 0.5) is 0 Å². The largest absolute Gasteiger partial charge is 0.361 e. The normalized spacial score (nSPS) is 17.3. The predicted octanol–water partition coefficient (Wildman–Crippen LogP) is 1.13. The lowest BCUT2D eigenvalue weighted by Crippen LogP contribution is -2.31. The lowest BCUT2D eigenvalue weighted by atomic mass is 10.1. The molecule has 9 nitrogen and oxygen atoms in total. The van der Waals surface area contributed by atoms with E-state index in [4.69, 9.17) is 4.52 Å². The molecule has 26 heavy (non-hydrogen) atoms. The van der Waals surface area contributed by atoms with Gasteiger partial charge in [0.05, 0.1) is 17.9 Å². The molecule has 1 atom stereocenters. The van der Waals surface area contributed by atoms with Gasteiger partial charge in [0.1, 0.15) is 17.6 Å². The van der Waals surface area contributed by atoms with E-state index in [2.05, 4.69) is 20.1 Å². The molecule has 0 aromatic carbocycles. The van der Waals surface area contributed by atoms with Crippen molar-refractivity contribution in [1.82, 2.24) is 29.6 Å². The van der Waals surface area contributed by atoms with Gasteiger partial charge in [0.25, 0.3) is 0 Å². The summed E-state index contributed by atoms with van der Waals surface area (Å²) in [6.45, 7) is 4.89. The monoisotopic (exact) mass is 356 g/mol. The van der Waals surface area contributed by atoms with Gasteiger partial charge in [0.2, 0.25) is 5.91 Å². The lowest BCUT2D eigenvalue weighted by molar-refractivity contribution is -0.130. The topological polar surface area (TPSA) is 110 Å². The smallest absolute Gasteiger partial charge is 0.328 e. The molecular weight excluding hydrogens is 336 g/mol. The Labute approximate surface area is 149 Å². The molecule has 1 N–H and O–H groups in total. The number of aromatic nitrogens is 5. The maximum atomic E-state index is 12.6. The average Bonchev–Trinajstić information content (AvgIpc) is 3.30. The predicted molar refractivity (Wildman–Crippen MR) is 92.7 cm³/mol. The Morgan fingerprint density at radius 2 is 2.27 bits per heavy atom. The van der Waals surface area contributed by atoms with Gasteiger partial charge in [-0.1, -0.05) is 5.16 Å². The fourth-order valence-electron chi connectivity index (χ4n) is 3.64. The standard InChI is InChI=1S/C17H20N6O3/c1-10-13(11(2)26-21-10)3-4-15(24)22-6-5-12(8-22)23-16-14(20-17(23)25)7-18-9-19-16/h7,9,12H,3-6,8H2,1-2H3,(H,20,25). The number of rotatable bonds is 4. The number of H-pyrrole nitrogens is 1. The van der Waals surface area contributed by atoms with Gasteiger partial charge < -0.3 is 14.4 Å². The molecule has 1 amide bonds. The molecule has 0 radical (unpaired) electrons. The molecule has 0 bridgehead atoms. The van der Waals surface area contributed by atoms with Crippen LogP contribution in [0.3, 0.4) is 0 Å². The zero-order valence-corrected chi connectivity index (χ0v) is 14.7. The highest BCUT2D eigenvalue weighted by atomic mass is 16.5. The Hall–Kier alpha value is -2.97. The van der Waals surface area contributed by atoms with E-state index in [9.17, 15) is 9.59 Å². The Bertz CT molecular complexity index is 998. The molecule has 1 aliphatic rings. The van der Waals surface area contributed by atoms with E-state index in [1.807, 2.05) is 18.7 Å². The molecule has 0 aliphatic carbocycles. The highest BCUT2D eigenvalue weighted by Crippen LogP contribution is 2.24. The van der Waals surface area contributed by atoms with Crippen LogP contribution in [-0.4, -0.2) is 48.6 Å². The van der Waals surface area contributed by atoms with Crippen LogP contribution in [0, 0.1) is 13.8 Å². The second-order valence-corrected chi connectivity index (χ2v) is 6.65. The van der Waals surface area contributed by atoms with Crippen molar-refractivity contribution in [2.24, 2.45) is 0 Å². The van der Waals surface area contributed by atoms with Crippen LogP contribution in [0.15, 0.2) is 21.8 Å². The minimum Gasteiger partial charge on any atom is -0.361 e. The number of hydrogen-bond donors (Lipinski definition) is 1. The van der Waals surface area contributed by atoms with Crippen LogP contribution < -0.4 is 5.69 Å². The minimum absolute atomic E-state index is 0.0748. The third-order valence-corrected chi connectivity index (χ3v) is 5.03. The zero-order chi connectivity index (χ0) is 18.3. The summed E-state index contributed by atoms with van der Waals surface area (Å²) in [5, 5.41) is 3.92. The number of nitrogens with zero attached hydrogens (tertiary/aromatic N) is 5. The number of likely N-dealkylation sites (tertiary alicyclic amines) is 1. The summed E-state index contributed by atoms with van der Waals surface area (Å²) in [5.41, 5.74) is 2.81. The van der Waals surface area contributed by atoms with Crippen LogP contribution in [0.25, 0.3) is 11.2 Å². The van der Waals surface area contributed by atoms with E-state index in [1.54, 1.807) is 10.8 Å². The van der Waals surface area contributed by atoms with Crippen molar-refractivity contribution in [2.75, 3.05) is 13.1 Å². The molecule has 1 aliphatic heterocycles. The van der Waals surface area contributed by atoms with Gasteiger partial charge in [-0.2, -0.15) is 0 Å². The van der Waals surface area contributed by atoms with Crippen LogP contribution in [0.5, 0.6) is 0 Å². The summed E-state index contributed by atoms with van der Waals surface area (Å²) >= 11 is 0. The summed E-state index contributed by atoms with van der Waals surface area (Å²) < 4.78 is 6.78. The molecule has 0 spiro atoms. The van der Waals surface area contributed by atoms with Crippen LogP contribution in [-0.2, 0) is 11.2 Å². The van der Waals surface area contributed by atoms with Gasteiger partial charge >= 0.3 is 5.69 Å². The van der Waals surface area contributed by atoms with Gasteiger partial charge in [-0.05, 0) is 26.7 Å². The van der Waals surface area contributed by atoms with Crippen molar-refractivity contribution in [2.45, 2.75) is 39.2 Å². The van der Waals surface area contributed by atoms with Crippen molar-refractivity contribution in [3.05, 3.63) is 40.0 Å². The van der Waals surface area contributed by atoms with Gasteiger partial charge in [0, 0.05) is 25.1 Å². The second-order valence-electron chi connectivity index (χ2n) is 6.65. The van der Waals surface area contributed by atoms with Crippen molar-refractivity contribution in [3.8, 4) is 0 Å². The number of nitrogens with one attached hydrogen (secondary N) is 1. The SMILES string of the molecule is Cc1noc(C)c1CCC(=O)N1CCC(n2c(=O)[nH]c3cncnc32)C1. The highest BCUT2D eigenvalue weighted by Gasteiger charge is 2.30. The number of aromatic amines is 1. The van der Waals surface area contributed by atoms with Gasteiger partial charge in [0.15, 0.2) is 5.65 Å². The van der Waals surface area contributed by atoms with Crippen molar-refractivity contribution in [1.29, 1.82) is 0 Å². The van der Waals surface area contributed by atoms with Crippen LogP contribution in [0.1, 0.15) is 35.9 Å². The first-order valence-electron chi connectivity index (χ1n) is 8.64. The molecule has 4 heterocycles. The highest BCUT2D eigenvalue weighted by molar-refractivity contribution is 5.77. The quantitative estimate of drug-likeness (QED) is 0.750. The Morgan fingerprint density at radius 3 is 3.04 bits per heavy atom. The summed E-state index contributed by atoms with van der Waals surface area (Å²) in [4.78, 5) is 37.6. The Morgan fingerprint density at radius 1 is 1.42 bits per heavy atom. The molecule has 1 unspecified atom stereocenters. The number of carbonyl (C=O) groups excluding carboxylic acids is 1. The molecular formula is C17H20N6O3. The fraction of sp³-hybridized carbons (Fsp3) is 0.471. The maximum absolute atomic E-state index is 12.6. The molecule has 136 valence electrons. The summed E-state index contributed by atoms with van der Waals surface area (Å²) in [6.07, 6.45) is 4.76. The van der Waals surface area contributed by atoms with E-state index in [0.29, 0.717) is 37.1 Å². The van der Waals surface area contributed by atoms with E-state index in [-0.39, 0.29) is 17.6 Å². The first-order chi connectivity index (χ1) is 12.5. The number of hydrogen-bond acceptors (Lipinski definition) is 6. The third-order valence-electron chi connectivity index (χ3n) is 5.03. The molecule has 9 heteroatoms. The average molecular weight is 356 g/mol. The summed E-state index contributed by atoms with van der Waals surface area (Å²) in [7, 11) is 0. The molecule has 1 fully saturated rings. The number of imidazole rings is 1. The second kappa shape index (κ2) is 6.40. The lowest BCUT2D eigenvalue weighted by Gasteiger charge is -2.17. The van der Waals surface area contributed by atoms with Crippen molar-refractivity contribution < 1.29 is 9.32 Å². The number of amides is 1. The van der Waals surface area contributed by atoms with Gasteiger partial charge in [-0.3, -0.25) is 9.36 Å². The van der Waals surface area contributed by atoms with E-state index < -0.39 is 0 Å². The summed E-state index contributed by atoms with van der Waals surface area (Å²) in [5.74, 6) is 0.842. The first kappa shape index (κ1) is 16.5. The van der Waals surface area contributed by atoms with Crippen LogP contribution in [0.2, 0.25) is 0 Å². The van der Waals surface area contributed by atoms with Gasteiger partial charge in [-0.25, -0.2) is 14.8 Å². The van der Waals surface area contributed by atoms with Gasteiger partial charge in [-0.15, -0.1) is 0 Å². The Kier molecular flexibility index (Phi) is 4.06. The zero-order valence-electron chi connectivity index (χ0n) is 14.7. The fourth-order valence-corrected chi connectivity index (χ4v) is 3.64. The number of aryl methyl sites for hydroxylation is 2. The van der Waals surface area contributed by atoms with Crippen molar-refractivity contribution >= 4 is 17.1 Å². The van der Waals surface area contributed by atoms with Crippen LogP contribution >= 0.6 is 0 Å². The maximum Gasteiger partial charge on any atom is 0.328 e. The van der Waals surface area contributed by atoms with E-state index >= 15 is 0 Å². The molecule has 3 aromatic heterocycles. The summed E-state index contributed by atoms with van der Waals surface area (Å²) in [6, 6.07) is -0.0748. The van der Waals surface area contributed by atoms with E-state index in [1.165, 1.54) is 6.33 Å². The number of fused-ring (bicyclic) bond motifs is 1. The van der Waals surface area contributed by atoms with E-state index in [0.717, 1.165) is 23.4 Å². The molecule has 0 saturated carbocycles. The van der Waals surface area contributed by atoms with Crippen molar-refractivity contribution in [3.63, 3.8) is 0 Å². The molecule has 4 rings (SSSR count). The first-order valence-corrected chi connectivity index (χ1v) is 8.64. The Balaban J connectivity index is 1.45. The third kappa shape index (κ3) is 2.79. The molecule has 1 saturated heterocycles. The number of carbonyl (C=O) groups is 1.